The fraction of sp³-hybridized carbons (Fsp3) is 0.172. The molecule has 0 saturated heterocycles. The van der Waals surface area contributed by atoms with Crippen molar-refractivity contribution in [2.75, 3.05) is 12.1 Å². The van der Waals surface area contributed by atoms with Crippen LogP contribution >= 0.6 is 11.3 Å². The van der Waals surface area contributed by atoms with Gasteiger partial charge in [0, 0.05) is 11.6 Å². The Kier molecular flexibility index (Phi) is 6.02. The Labute approximate surface area is 218 Å². The summed E-state index contributed by atoms with van der Waals surface area (Å²) in [6.07, 6.45) is 0. The van der Waals surface area contributed by atoms with Crippen molar-refractivity contribution in [1.29, 1.82) is 0 Å². The van der Waals surface area contributed by atoms with Gasteiger partial charge in [-0.05, 0) is 53.8 Å². The molecule has 1 aliphatic heterocycles. The van der Waals surface area contributed by atoms with Crippen LogP contribution in [0.3, 0.4) is 0 Å². The molecule has 2 aromatic heterocycles. The van der Waals surface area contributed by atoms with Crippen molar-refractivity contribution in [3.63, 3.8) is 0 Å². The fourth-order valence-corrected chi connectivity index (χ4v) is 5.29. The van der Waals surface area contributed by atoms with Gasteiger partial charge in [-0.25, -0.2) is 0 Å². The number of anilines is 1. The number of ether oxygens (including phenoxy) is 3. The SMILES string of the molecule is Cc1nn(Cc2cccc3ccccc23)c(C)c1NC(=O)c1cc(COc2ccc3c(c2)OCO3)cs1. The van der Waals surface area contributed by atoms with E-state index in [2.05, 4.69) is 35.6 Å². The first-order chi connectivity index (χ1) is 18.0. The smallest absolute Gasteiger partial charge is 0.265 e. The highest BCUT2D eigenvalue weighted by Crippen LogP contribution is 2.35. The van der Waals surface area contributed by atoms with E-state index in [4.69, 9.17) is 19.3 Å². The lowest BCUT2D eigenvalue weighted by Crippen LogP contribution is -2.12. The molecular formula is C29H25N3O4S. The van der Waals surface area contributed by atoms with E-state index < -0.39 is 0 Å². The van der Waals surface area contributed by atoms with Crippen LogP contribution in [0.2, 0.25) is 0 Å². The van der Waals surface area contributed by atoms with Crippen LogP contribution in [0.4, 0.5) is 5.69 Å². The molecule has 1 aliphatic rings. The number of amides is 1. The molecule has 0 atom stereocenters. The van der Waals surface area contributed by atoms with Gasteiger partial charge in [-0.15, -0.1) is 11.3 Å². The number of nitrogens with zero attached hydrogens (tertiary/aromatic N) is 2. The zero-order valence-corrected chi connectivity index (χ0v) is 21.3. The van der Waals surface area contributed by atoms with Crippen molar-refractivity contribution >= 4 is 33.7 Å². The highest BCUT2D eigenvalue weighted by molar-refractivity contribution is 7.12. The van der Waals surface area contributed by atoms with Gasteiger partial charge in [0.25, 0.3) is 5.91 Å². The maximum absolute atomic E-state index is 13.1. The van der Waals surface area contributed by atoms with Crippen LogP contribution in [0.1, 0.15) is 32.2 Å². The third kappa shape index (κ3) is 4.63. The molecule has 186 valence electrons. The van der Waals surface area contributed by atoms with E-state index in [0.717, 1.165) is 22.6 Å². The Hall–Kier alpha value is -4.30. The molecule has 0 aliphatic carbocycles. The summed E-state index contributed by atoms with van der Waals surface area (Å²) >= 11 is 1.39. The van der Waals surface area contributed by atoms with Gasteiger partial charge in [0.2, 0.25) is 6.79 Å². The number of rotatable bonds is 7. The molecular weight excluding hydrogens is 486 g/mol. The summed E-state index contributed by atoms with van der Waals surface area (Å²) in [6.45, 7) is 5.11. The van der Waals surface area contributed by atoms with Crippen LogP contribution < -0.4 is 19.5 Å². The van der Waals surface area contributed by atoms with Crippen molar-refractivity contribution in [2.24, 2.45) is 0 Å². The number of fused-ring (bicyclic) bond motifs is 2. The zero-order valence-electron chi connectivity index (χ0n) is 20.5. The third-order valence-electron chi connectivity index (χ3n) is 6.45. The second kappa shape index (κ2) is 9.63. The molecule has 3 heterocycles. The molecule has 37 heavy (non-hydrogen) atoms. The summed E-state index contributed by atoms with van der Waals surface area (Å²) < 4.78 is 18.6. The Balaban J connectivity index is 1.13. The van der Waals surface area contributed by atoms with Crippen LogP contribution in [0.15, 0.2) is 72.1 Å². The van der Waals surface area contributed by atoms with Gasteiger partial charge in [0.15, 0.2) is 11.5 Å². The lowest BCUT2D eigenvalue weighted by Gasteiger charge is -2.09. The first-order valence-electron chi connectivity index (χ1n) is 12.0. The molecule has 0 spiro atoms. The van der Waals surface area contributed by atoms with E-state index in [1.54, 1.807) is 0 Å². The van der Waals surface area contributed by atoms with Crippen LogP contribution in [0.5, 0.6) is 17.2 Å². The lowest BCUT2D eigenvalue weighted by molar-refractivity contribution is 0.103. The molecule has 0 fully saturated rings. The van der Waals surface area contributed by atoms with Gasteiger partial charge in [-0.1, -0.05) is 42.5 Å². The van der Waals surface area contributed by atoms with Crippen LogP contribution in [-0.4, -0.2) is 22.5 Å². The second-order valence-corrected chi connectivity index (χ2v) is 9.83. The number of nitrogens with one attached hydrogen (secondary N) is 1. The fourth-order valence-electron chi connectivity index (χ4n) is 4.50. The Morgan fingerprint density at radius 3 is 2.81 bits per heavy atom. The Morgan fingerprint density at radius 2 is 1.89 bits per heavy atom. The number of carbonyl (C=O) groups is 1. The quantitative estimate of drug-likeness (QED) is 0.277. The number of aryl methyl sites for hydroxylation is 1. The van der Waals surface area contributed by atoms with Gasteiger partial charge in [-0.2, -0.15) is 5.10 Å². The number of thiophene rings is 1. The minimum absolute atomic E-state index is 0.157. The molecule has 5 aromatic rings. The largest absolute Gasteiger partial charge is 0.489 e. The minimum Gasteiger partial charge on any atom is -0.489 e. The number of benzene rings is 3. The van der Waals surface area contributed by atoms with Crippen molar-refractivity contribution < 1.29 is 19.0 Å². The molecule has 0 bridgehead atoms. The number of carbonyl (C=O) groups excluding carboxylic acids is 1. The van der Waals surface area contributed by atoms with Crippen molar-refractivity contribution in [3.05, 3.63) is 99.5 Å². The standard InChI is InChI=1S/C29H25N3O4S/c1-18-28(19(2)32(31-18)14-22-8-5-7-21-6-3-4-9-24(21)22)30-29(33)27-12-20(16-37-27)15-34-23-10-11-25-26(13-23)36-17-35-25/h3-13,16H,14-15,17H2,1-2H3,(H,30,33). The second-order valence-electron chi connectivity index (χ2n) is 8.92. The molecule has 0 radical (unpaired) electrons. The summed E-state index contributed by atoms with van der Waals surface area (Å²) in [6, 6.07) is 22.0. The Morgan fingerprint density at radius 1 is 1.05 bits per heavy atom. The van der Waals surface area contributed by atoms with Crippen molar-refractivity contribution in [2.45, 2.75) is 27.0 Å². The van der Waals surface area contributed by atoms with Crippen molar-refractivity contribution in [1.82, 2.24) is 9.78 Å². The average Bonchev–Trinajstić information content (AvgIpc) is 3.64. The summed E-state index contributed by atoms with van der Waals surface area (Å²) in [4.78, 5) is 13.7. The van der Waals surface area contributed by atoms with Gasteiger partial charge >= 0.3 is 0 Å². The highest BCUT2D eigenvalue weighted by Gasteiger charge is 2.18. The molecule has 8 heteroatoms. The summed E-state index contributed by atoms with van der Waals surface area (Å²) in [5.41, 5.74) is 4.56. The van der Waals surface area contributed by atoms with E-state index in [9.17, 15) is 4.79 Å². The first kappa shape index (κ1) is 23.1. The summed E-state index contributed by atoms with van der Waals surface area (Å²) in [7, 11) is 0. The number of hydrogen-bond acceptors (Lipinski definition) is 6. The van der Waals surface area contributed by atoms with Crippen LogP contribution in [0, 0.1) is 13.8 Å². The van der Waals surface area contributed by atoms with E-state index in [1.807, 2.05) is 60.3 Å². The van der Waals surface area contributed by atoms with E-state index in [0.29, 0.717) is 35.3 Å². The maximum atomic E-state index is 13.1. The van der Waals surface area contributed by atoms with Crippen LogP contribution in [0.25, 0.3) is 10.8 Å². The van der Waals surface area contributed by atoms with E-state index in [-0.39, 0.29) is 12.7 Å². The predicted molar refractivity (Wildman–Crippen MR) is 144 cm³/mol. The molecule has 1 N–H and O–H groups in total. The Bertz CT molecular complexity index is 1620. The topological polar surface area (TPSA) is 74.6 Å². The van der Waals surface area contributed by atoms with Crippen molar-refractivity contribution in [3.8, 4) is 17.2 Å². The highest BCUT2D eigenvalue weighted by atomic mass is 32.1. The molecule has 0 saturated carbocycles. The molecule has 3 aromatic carbocycles. The van der Waals surface area contributed by atoms with Gasteiger partial charge in [0.1, 0.15) is 12.4 Å². The molecule has 7 nitrogen and oxygen atoms in total. The first-order valence-corrected chi connectivity index (χ1v) is 12.8. The number of hydrogen-bond donors (Lipinski definition) is 1. The predicted octanol–water partition coefficient (Wildman–Crippen LogP) is 6.32. The zero-order chi connectivity index (χ0) is 25.4. The average molecular weight is 512 g/mol. The van der Waals surface area contributed by atoms with Gasteiger partial charge < -0.3 is 19.5 Å². The third-order valence-corrected chi connectivity index (χ3v) is 7.42. The lowest BCUT2D eigenvalue weighted by atomic mass is 10.0. The molecule has 6 rings (SSSR count). The van der Waals surface area contributed by atoms with Gasteiger partial charge in [0.05, 0.1) is 28.5 Å². The number of aromatic nitrogens is 2. The normalized spacial score (nSPS) is 12.2. The minimum atomic E-state index is -0.157. The molecule has 0 unspecified atom stereocenters. The monoisotopic (exact) mass is 511 g/mol. The van der Waals surface area contributed by atoms with Crippen LogP contribution in [-0.2, 0) is 13.2 Å². The van der Waals surface area contributed by atoms with Gasteiger partial charge in [-0.3, -0.25) is 9.48 Å². The summed E-state index contributed by atoms with van der Waals surface area (Å²) in [5.74, 6) is 1.92. The summed E-state index contributed by atoms with van der Waals surface area (Å²) in [5, 5.41) is 12.1. The van der Waals surface area contributed by atoms with E-state index in [1.165, 1.54) is 27.7 Å². The maximum Gasteiger partial charge on any atom is 0.265 e. The molecule has 1 amide bonds. The van der Waals surface area contributed by atoms with E-state index >= 15 is 0 Å².